The third-order valence-electron chi connectivity index (χ3n) is 2.30. The minimum absolute atomic E-state index is 0.0908. The van der Waals surface area contributed by atoms with Crippen molar-refractivity contribution >= 4 is 44.2 Å². The van der Waals surface area contributed by atoms with Crippen molar-refractivity contribution < 1.29 is 0 Å². The van der Waals surface area contributed by atoms with Gasteiger partial charge in [0.05, 0.1) is 0 Å². The van der Waals surface area contributed by atoms with Crippen molar-refractivity contribution in [3.63, 3.8) is 0 Å². The molecule has 0 fully saturated rings. The van der Waals surface area contributed by atoms with Gasteiger partial charge in [-0.1, -0.05) is 99.2 Å². The Kier molecular flexibility index (Phi) is 12.9. The summed E-state index contributed by atoms with van der Waals surface area (Å²) in [5.74, 6) is 0. The molecule has 4 heteroatoms. The summed E-state index contributed by atoms with van der Waals surface area (Å²) in [6.45, 7) is 18.4. The normalized spacial score (nSPS) is 15.7. The monoisotopic (exact) mass is 420 g/mol. The lowest BCUT2D eigenvalue weighted by Crippen LogP contribution is -2.09. The van der Waals surface area contributed by atoms with Gasteiger partial charge in [-0.05, 0) is 35.9 Å². The Balaban J connectivity index is 0. The van der Waals surface area contributed by atoms with Gasteiger partial charge in [-0.2, -0.15) is 0 Å². The molecule has 112 valence electrons. The second-order valence-corrected chi connectivity index (χ2v) is 16.7. The average molecular weight is 422 g/mol. The molecule has 0 radical (unpaired) electrons. The fourth-order valence-electron chi connectivity index (χ4n) is 1.06. The molecule has 0 spiro atoms. The summed E-state index contributed by atoms with van der Waals surface area (Å²) in [6, 6.07) is 0. The zero-order valence-corrected chi connectivity index (χ0v) is 18.4. The van der Waals surface area contributed by atoms with E-state index < -0.39 is 0 Å². The van der Waals surface area contributed by atoms with E-state index in [4.69, 9.17) is 0 Å². The summed E-state index contributed by atoms with van der Waals surface area (Å²) in [4.78, 5) is 0. The lowest BCUT2D eigenvalue weighted by molar-refractivity contribution is 0.788. The van der Waals surface area contributed by atoms with Gasteiger partial charge in [-0.3, -0.25) is 0 Å². The van der Waals surface area contributed by atoms with E-state index in [1.54, 1.807) is 0 Å². The predicted molar refractivity (Wildman–Crippen MR) is 102 cm³/mol. The predicted octanol–water partition coefficient (Wildman–Crippen LogP) is 7.97. The van der Waals surface area contributed by atoms with E-state index in [-0.39, 0.29) is 13.2 Å². The summed E-state index contributed by atoms with van der Waals surface area (Å²) in [5.41, 5.74) is 0. The average Bonchev–Trinajstić information content (AvgIpc) is 2.16. The van der Waals surface area contributed by atoms with E-state index in [9.17, 15) is 0 Å². The first-order valence-electron chi connectivity index (χ1n) is 6.83. The van der Waals surface area contributed by atoms with Crippen molar-refractivity contribution in [1.82, 2.24) is 0 Å². The number of halogens is 2. The smallest absolute Gasteiger partial charge is 0.00813 e. The van der Waals surface area contributed by atoms with Crippen LogP contribution in [0.5, 0.6) is 0 Å². The molecule has 0 heterocycles. The molecule has 0 aromatic heterocycles. The standard InChI is InChI=1S/2C7H16BrP/c2*1-5-6-9(8)7(2,3)4/h2*5-6H2,1-4H3. The van der Waals surface area contributed by atoms with Gasteiger partial charge in [0.1, 0.15) is 0 Å². The van der Waals surface area contributed by atoms with Gasteiger partial charge in [-0.15, -0.1) is 0 Å². The van der Waals surface area contributed by atoms with Crippen LogP contribution >= 0.6 is 44.2 Å². The van der Waals surface area contributed by atoms with Crippen LogP contribution in [0.4, 0.5) is 0 Å². The topological polar surface area (TPSA) is 0 Å². The molecule has 0 amide bonds. The molecule has 0 aliphatic rings. The van der Waals surface area contributed by atoms with Crippen LogP contribution in [0.3, 0.4) is 0 Å². The van der Waals surface area contributed by atoms with Crippen molar-refractivity contribution in [3.05, 3.63) is 0 Å². The second kappa shape index (κ2) is 10.5. The van der Waals surface area contributed by atoms with E-state index in [2.05, 4.69) is 86.4 Å². The highest BCUT2D eigenvalue weighted by molar-refractivity contribution is 9.39. The highest BCUT2D eigenvalue weighted by atomic mass is 79.9. The SMILES string of the molecule is CCCP(Br)C(C)(C)C.CCCP(Br)C(C)(C)C. The third-order valence-corrected chi connectivity index (χ3v) is 15.4. The van der Waals surface area contributed by atoms with Crippen molar-refractivity contribution in [2.24, 2.45) is 0 Å². The molecule has 2 atom stereocenters. The molecule has 18 heavy (non-hydrogen) atoms. The lowest BCUT2D eigenvalue weighted by Gasteiger charge is -2.24. The Hall–Kier alpha value is 1.82. The number of hydrogen-bond donors (Lipinski definition) is 0. The van der Waals surface area contributed by atoms with Crippen molar-refractivity contribution in [2.45, 2.75) is 78.5 Å². The first kappa shape index (κ1) is 22.1. The molecule has 0 aromatic carbocycles. The van der Waals surface area contributed by atoms with Crippen LogP contribution in [-0.2, 0) is 0 Å². The molecule has 0 N–H and O–H groups in total. The second-order valence-electron chi connectivity index (χ2n) is 6.51. The van der Waals surface area contributed by atoms with E-state index in [1.807, 2.05) is 0 Å². The third kappa shape index (κ3) is 12.8. The zero-order chi connectivity index (χ0) is 15.0. The largest absolute Gasteiger partial charge is 0.0650 e. The lowest BCUT2D eigenvalue weighted by atomic mass is 10.3. The maximum absolute atomic E-state index is 3.72. The van der Waals surface area contributed by atoms with Crippen LogP contribution in [0.1, 0.15) is 68.2 Å². The highest BCUT2D eigenvalue weighted by Gasteiger charge is 2.20. The van der Waals surface area contributed by atoms with Gasteiger partial charge in [0.15, 0.2) is 0 Å². The maximum Gasteiger partial charge on any atom is -0.00813 e. The molecule has 0 nitrogen and oxygen atoms in total. The first-order chi connectivity index (χ1) is 7.96. The molecule has 0 saturated carbocycles. The fourth-order valence-corrected chi connectivity index (χ4v) is 5.32. The molecule has 0 saturated heterocycles. The fraction of sp³-hybridized carbons (Fsp3) is 1.00. The Morgan fingerprint density at radius 2 is 0.889 bits per heavy atom. The Labute approximate surface area is 134 Å². The van der Waals surface area contributed by atoms with Gasteiger partial charge in [-0.25, -0.2) is 0 Å². The van der Waals surface area contributed by atoms with Crippen LogP contribution in [0.2, 0.25) is 0 Å². The molecule has 2 unspecified atom stereocenters. The molecule has 0 aliphatic carbocycles. The number of rotatable bonds is 4. The number of hydrogen-bond acceptors (Lipinski definition) is 0. The van der Waals surface area contributed by atoms with Gasteiger partial charge in [0, 0.05) is 0 Å². The molecule has 0 aromatic rings. The van der Waals surface area contributed by atoms with Gasteiger partial charge in [0.25, 0.3) is 0 Å². The van der Waals surface area contributed by atoms with Crippen LogP contribution < -0.4 is 0 Å². The first-order valence-corrected chi connectivity index (χ1v) is 13.9. The van der Waals surface area contributed by atoms with Crippen LogP contribution in [0.15, 0.2) is 0 Å². The van der Waals surface area contributed by atoms with Gasteiger partial charge < -0.3 is 0 Å². The summed E-state index contributed by atoms with van der Waals surface area (Å²) in [5, 5.41) is 0.983. The minimum atomic E-state index is 0.0908. The quantitative estimate of drug-likeness (QED) is 0.403. The molecular weight excluding hydrogens is 390 g/mol. The Bertz CT molecular complexity index is 173. The molecular formula is C14H32Br2P2. The van der Waals surface area contributed by atoms with E-state index in [0.29, 0.717) is 10.3 Å². The van der Waals surface area contributed by atoms with Crippen molar-refractivity contribution in [3.8, 4) is 0 Å². The molecule has 0 rings (SSSR count). The molecule has 0 aliphatic heterocycles. The summed E-state index contributed by atoms with van der Waals surface area (Å²) in [7, 11) is 0. The van der Waals surface area contributed by atoms with Gasteiger partial charge >= 0.3 is 0 Å². The van der Waals surface area contributed by atoms with Gasteiger partial charge in [0.2, 0.25) is 0 Å². The zero-order valence-electron chi connectivity index (χ0n) is 13.5. The van der Waals surface area contributed by atoms with E-state index in [0.717, 1.165) is 0 Å². The highest BCUT2D eigenvalue weighted by Crippen LogP contribution is 2.56. The maximum atomic E-state index is 3.72. The van der Waals surface area contributed by atoms with Crippen LogP contribution in [0, 0.1) is 0 Å². The summed E-state index contributed by atoms with van der Waals surface area (Å²) >= 11 is 7.45. The van der Waals surface area contributed by atoms with Crippen LogP contribution in [-0.4, -0.2) is 22.6 Å². The minimum Gasteiger partial charge on any atom is -0.0650 e. The van der Waals surface area contributed by atoms with Crippen LogP contribution in [0.25, 0.3) is 0 Å². The molecule has 0 bridgehead atoms. The van der Waals surface area contributed by atoms with E-state index in [1.165, 1.54) is 25.2 Å². The Morgan fingerprint density at radius 3 is 0.944 bits per heavy atom. The van der Waals surface area contributed by atoms with Crippen molar-refractivity contribution in [1.29, 1.82) is 0 Å². The van der Waals surface area contributed by atoms with E-state index >= 15 is 0 Å². The Morgan fingerprint density at radius 1 is 0.667 bits per heavy atom. The summed E-state index contributed by atoms with van der Waals surface area (Å²) in [6.07, 6.45) is 5.29. The summed E-state index contributed by atoms with van der Waals surface area (Å²) < 4.78 is 0. The van der Waals surface area contributed by atoms with Crippen molar-refractivity contribution in [2.75, 3.05) is 12.3 Å².